The van der Waals surface area contributed by atoms with Crippen LogP contribution in [0.5, 0.6) is 0 Å². The zero-order valence-corrected chi connectivity index (χ0v) is 20.3. The van der Waals surface area contributed by atoms with Gasteiger partial charge in [0.1, 0.15) is 0 Å². The molecule has 0 aromatic carbocycles. The van der Waals surface area contributed by atoms with Crippen LogP contribution in [0.2, 0.25) is 0 Å². The fourth-order valence-corrected chi connectivity index (χ4v) is 5.23. The van der Waals surface area contributed by atoms with Gasteiger partial charge in [-0.25, -0.2) is 0 Å². The number of rotatable bonds is 9. The lowest BCUT2D eigenvalue weighted by molar-refractivity contribution is -0.127. The molecule has 3 aliphatic heterocycles. The molecule has 6 heteroatoms. The molecular formula is C25H43NO5. The van der Waals surface area contributed by atoms with Crippen LogP contribution in [0.15, 0.2) is 12.2 Å². The second-order valence-electron chi connectivity index (χ2n) is 10.1. The van der Waals surface area contributed by atoms with E-state index in [1.54, 1.807) is 19.3 Å². The molecule has 2 unspecified atom stereocenters. The van der Waals surface area contributed by atoms with E-state index in [1.807, 2.05) is 6.92 Å². The Balaban J connectivity index is 1.51. The van der Waals surface area contributed by atoms with Gasteiger partial charge in [0.25, 0.3) is 0 Å². The highest BCUT2D eigenvalue weighted by atomic mass is 16.6. The van der Waals surface area contributed by atoms with E-state index in [0.717, 1.165) is 45.3 Å². The van der Waals surface area contributed by atoms with Gasteiger partial charge in [0, 0.05) is 32.6 Å². The van der Waals surface area contributed by atoms with Crippen LogP contribution in [0.3, 0.4) is 0 Å². The number of carbonyl (C=O) groups is 1. The summed E-state index contributed by atoms with van der Waals surface area (Å²) in [7, 11) is 1.63. The van der Waals surface area contributed by atoms with Crippen molar-refractivity contribution < 1.29 is 23.7 Å². The minimum absolute atomic E-state index is 0.000254. The standard InChI is InChI=1S/C25H43NO5/c1-7-20(18(4)23-14-25(15-30-25)10-11-29-23)13-22-16(2)12-21(19(5)31-22)26-24(27)9-8-17(3)28-6/h8-9,16-23H,7,10-15H2,1-6H3,(H,26,27)/b9-8-/t16-,17-,18?,19+,20?,21+,22-,23-,25-/m0/s1. The number of amides is 1. The van der Waals surface area contributed by atoms with Gasteiger partial charge in [-0.15, -0.1) is 0 Å². The maximum Gasteiger partial charge on any atom is 0.244 e. The van der Waals surface area contributed by atoms with Crippen LogP contribution in [0.25, 0.3) is 0 Å². The van der Waals surface area contributed by atoms with Crippen LogP contribution in [-0.4, -0.2) is 62.3 Å². The van der Waals surface area contributed by atoms with E-state index >= 15 is 0 Å². The quantitative estimate of drug-likeness (QED) is 0.438. The Hall–Kier alpha value is -0.950. The first-order valence-corrected chi connectivity index (χ1v) is 12.2. The van der Waals surface area contributed by atoms with Crippen molar-refractivity contribution in [1.82, 2.24) is 5.32 Å². The van der Waals surface area contributed by atoms with E-state index in [-0.39, 0.29) is 42.0 Å². The molecule has 0 radical (unpaired) electrons. The summed E-state index contributed by atoms with van der Waals surface area (Å²) in [5.74, 6) is 1.36. The molecule has 31 heavy (non-hydrogen) atoms. The summed E-state index contributed by atoms with van der Waals surface area (Å²) in [5, 5.41) is 3.12. The first-order valence-electron chi connectivity index (χ1n) is 12.2. The molecule has 0 aromatic heterocycles. The average Bonchev–Trinajstić information content (AvgIpc) is 3.50. The van der Waals surface area contributed by atoms with Crippen molar-refractivity contribution in [1.29, 1.82) is 0 Å². The molecule has 3 heterocycles. The fourth-order valence-electron chi connectivity index (χ4n) is 5.23. The molecule has 9 atom stereocenters. The van der Waals surface area contributed by atoms with E-state index in [2.05, 4.69) is 33.0 Å². The summed E-state index contributed by atoms with van der Waals surface area (Å²) in [5.41, 5.74) is 0.125. The van der Waals surface area contributed by atoms with Crippen molar-refractivity contribution in [2.24, 2.45) is 17.8 Å². The zero-order valence-electron chi connectivity index (χ0n) is 20.3. The van der Waals surface area contributed by atoms with Crippen molar-refractivity contribution >= 4 is 5.91 Å². The van der Waals surface area contributed by atoms with Gasteiger partial charge in [-0.2, -0.15) is 0 Å². The lowest BCUT2D eigenvalue weighted by Gasteiger charge is -2.42. The molecule has 3 saturated heterocycles. The van der Waals surface area contributed by atoms with Crippen LogP contribution in [0.1, 0.15) is 66.7 Å². The van der Waals surface area contributed by atoms with Crippen molar-refractivity contribution in [2.75, 3.05) is 20.3 Å². The van der Waals surface area contributed by atoms with Gasteiger partial charge in [-0.05, 0) is 44.4 Å². The second kappa shape index (κ2) is 10.8. The summed E-state index contributed by atoms with van der Waals surface area (Å²) in [6, 6.07) is 0.0345. The first kappa shape index (κ1) is 24.7. The molecule has 0 aromatic rings. The fraction of sp³-hybridized carbons (Fsp3) is 0.880. The van der Waals surface area contributed by atoms with E-state index in [0.29, 0.717) is 17.8 Å². The second-order valence-corrected chi connectivity index (χ2v) is 10.1. The summed E-state index contributed by atoms with van der Waals surface area (Å²) >= 11 is 0. The summed E-state index contributed by atoms with van der Waals surface area (Å²) in [6.45, 7) is 12.6. The molecule has 0 saturated carbocycles. The predicted octanol–water partition coefficient (Wildman–Crippen LogP) is 3.88. The highest BCUT2D eigenvalue weighted by Crippen LogP contribution is 2.43. The van der Waals surface area contributed by atoms with Gasteiger partial charge in [0.15, 0.2) is 0 Å². The maximum atomic E-state index is 12.3. The van der Waals surface area contributed by atoms with E-state index in [9.17, 15) is 4.79 Å². The van der Waals surface area contributed by atoms with Crippen molar-refractivity contribution in [3.63, 3.8) is 0 Å². The first-order chi connectivity index (χ1) is 14.8. The van der Waals surface area contributed by atoms with Crippen LogP contribution in [-0.2, 0) is 23.7 Å². The SMILES string of the molecule is CCC(C[C@@H]1O[C@H](C)[C@H](NC(=O)/C=C\[C@H](C)OC)C[C@@H]1C)C(C)[C@@H]1C[C@@]2(CCO1)CO2. The van der Waals surface area contributed by atoms with Crippen LogP contribution in [0, 0.1) is 17.8 Å². The maximum absolute atomic E-state index is 12.3. The Morgan fingerprint density at radius 3 is 2.71 bits per heavy atom. The third-order valence-electron chi connectivity index (χ3n) is 7.84. The summed E-state index contributed by atoms with van der Waals surface area (Å²) in [4.78, 5) is 12.3. The number of epoxide rings is 1. The van der Waals surface area contributed by atoms with Gasteiger partial charge < -0.3 is 24.3 Å². The molecule has 0 bridgehead atoms. The van der Waals surface area contributed by atoms with E-state index in [4.69, 9.17) is 18.9 Å². The molecule has 3 aliphatic rings. The van der Waals surface area contributed by atoms with Gasteiger partial charge in [-0.1, -0.05) is 33.3 Å². The van der Waals surface area contributed by atoms with Crippen LogP contribution >= 0.6 is 0 Å². The minimum Gasteiger partial charge on any atom is -0.378 e. The number of carbonyl (C=O) groups excluding carboxylic acids is 1. The number of ether oxygens (including phenoxy) is 4. The normalized spacial score (nSPS) is 38.7. The average molecular weight is 438 g/mol. The monoisotopic (exact) mass is 437 g/mol. The summed E-state index contributed by atoms with van der Waals surface area (Å²) in [6.07, 6.45) is 8.94. The topological polar surface area (TPSA) is 69.3 Å². The third-order valence-corrected chi connectivity index (χ3v) is 7.84. The largest absolute Gasteiger partial charge is 0.378 e. The number of hydrogen-bond donors (Lipinski definition) is 1. The van der Waals surface area contributed by atoms with Crippen molar-refractivity contribution in [3.8, 4) is 0 Å². The number of hydrogen-bond acceptors (Lipinski definition) is 5. The van der Waals surface area contributed by atoms with Crippen LogP contribution < -0.4 is 5.32 Å². The molecule has 6 nitrogen and oxygen atoms in total. The van der Waals surface area contributed by atoms with E-state index < -0.39 is 0 Å². The smallest absolute Gasteiger partial charge is 0.244 e. The third kappa shape index (κ3) is 6.53. The molecule has 1 N–H and O–H groups in total. The van der Waals surface area contributed by atoms with Crippen molar-refractivity contribution in [3.05, 3.63) is 12.2 Å². The van der Waals surface area contributed by atoms with Gasteiger partial charge in [-0.3, -0.25) is 4.79 Å². The molecule has 1 spiro atoms. The number of methoxy groups -OCH3 is 1. The lowest BCUT2D eigenvalue weighted by Crippen LogP contribution is -2.51. The molecule has 0 aliphatic carbocycles. The Morgan fingerprint density at radius 1 is 1.32 bits per heavy atom. The van der Waals surface area contributed by atoms with Crippen molar-refractivity contribution in [2.45, 2.75) is 103 Å². The summed E-state index contributed by atoms with van der Waals surface area (Å²) < 4.78 is 23.5. The Labute approximate surface area is 188 Å². The Kier molecular flexibility index (Phi) is 8.58. The molecule has 3 rings (SSSR count). The molecular weight excluding hydrogens is 394 g/mol. The Bertz CT molecular complexity index is 619. The number of nitrogens with one attached hydrogen (secondary N) is 1. The highest BCUT2D eigenvalue weighted by molar-refractivity contribution is 5.87. The van der Waals surface area contributed by atoms with Crippen LogP contribution in [0.4, 0.5) is 0 Å². The van der Waals surface area contributed by atoms with E-state index in [1.165, 1.54) is 0 Å². The lowest BCUT2D eigenvalue weighted by atomic mass is 9.76. The molecule has 3 fully saturated rings. The predicted molar refractivity (Wildman–Crippen MR) is 121 cm³/mol. The minimum atomic E-state index is -0.0827. The highest BCUT2D eigenvalue weighted by Gasteiger charge is 2.50. The van der Waals surface area contributed by atoms with Gasteiger partial charge >= 0.3 is 0 Å². The Morgan fingerprint density at radius 2 is 2.06 bits per heavy atom. The van der Waals surface area contributed by atoms with Gasteiger partial charge in [0.2, 0.25) is 5.91 Å². The molecule has 178 valence electrons. The van der Waals surface area contributed by atoms with Gasteiger partial charge in [0.05, 0.1) is 42.7 Å². The molecule has 1 amide bonds. The zero-order chi connectivity index (χ0) is 22.6.